The molecular weight excluding hydrogens is 278 g/mol. The van der Waals surface area contributed by atoms with E-state index >= 15 is 0 Å². The first-order chi connectivity index (χ1) is 10.0. The van der Waals surface area contributed by atoms with Crippen molar-refractivity contribution in [3.05, 3.63) is 67.0 Å². The summed E-state index contributed by atoms with van der Waals surface area (Å²) in [5, 5.41) is 10.7. The van der Waals surface area contributed by atoms with Gasteiger partial charge in [-0.2, -0.15) is 0 Å². The van der Waals surface area contributed by atoms with Gasteiger partial charge >= 0.3 is 16.9 Å². The lowest BCUT2D eigenvalue weighted by molar-refractivity contribution is -0.386. The number of ether oxygens (including phenoxy) is 1. The molecule has 0 spiro atoms. The highest BCUT2D eigenvalue weighted by Crippen LogP contribution is 2.12. The van der Waals surface area contributed by atoms with Crippen molar-refractivity contribution >= 4 is 5.69 Å². The minimum atomic E-state index is -0.995. The van der Waals surface area contributed by atoms with Crippen LogP contribution in [0.4, 0.5) is 5.69 Å². The number of nitrogens with one attached hydrogen (secondary N) is 1. The van der Waals surface area contributed by atoms with Crippen LogP contribution in [0, 0.1) is 10.1 Å². The largest absolute Gasteiger partial charge is 0.497 e. The predicted octanol–water partition coefficient (Wildman–Crippen LogP) is 0.696. The lowest BCUT2D eigenvalue weighted by Gasteiger charge is -2.06. The molecule has 0 amide bonds. The van der Waals surface area contributed by atoms with E-state index in [1.807, 2.05) is 17.1 Å². The zero-order valence-corrected chi connectivity index (χ0v) is 11.2. The summed E-state index contributed by atoms with van der Waals surface area (Å²) in [6.45, 7) is 0.225. The Morgan fingerprint density at radius 3 is 2.52 bits per heavy atom. The van der Waals surface area contributed by atoms with Crippen molar-refractivity contribution < 1.29 is 9.66 Å². The van der Waals surface area contributed by atoms with Gasteiger partial charge in [-0.3, -0.25) is 24.5 Å². The van der Waals surface area contributed by atoms with Crippen molar-refractivity contribution in [1.82, 2.24) is 9.55 Å². The summed E-state index contributed by atoms with van der Waals surface area (Å²) in [4.78, 5) is 34.7. The Labute approximate surface area is 118 Å². The molecule has 0 unspecified atom stereocenters. The van der Waals surface area contributed by atoms with Crippen LogP contribution in [0.1, 0.15) is 5.56 Å². The quantitative estimate of drug-likeness (QED) is 0.644. The Kier molecular flexibility index (Phi) is 4.17. The van der Waals surface area contributed by atoms with Crippen molar-refractivity contribution in [2.75, 3.05) is 7.11 Å². The fourth-order valence-electron chi connectivity index (χ4n) is 1.84. The molecule has 0 atom stereocenters. The van der Waals surface area contributed by atoms with Crippen LogP contribution >= 0.6 is 0 Å². The third-order valence-corrected chi connectivity index (χ3v) is 2.99. The van der Waals surface area contributed by atoms with Gasteiger partial charge in [-0.25, -0.2) is 4.79 Å². The molecule has 0 radical (unpaired) electrons. The summed E-state index contributed by atoms with van der Waals surface area (Å²) in [5.74, 6) is 0.718. The molecule has 8 heteroatoms. The standard InChI is InChI=1S/C13H13N3O5/c1-21-10-4-2-9(3-5-10)6-7-15-8-11(16(19)20)12(17)14-13(15)18/h2-5,8H,6-7H2,1H3,(H,14,17,18). The molecule has 0 saturated carbocycles. The maximum atomic E-state index is 11.6. The summed E-state index contributed by atoms with van der Waals surface area (Å²) in [6.07, 6.45) is 1.46. The molecule has 0 aliphatic heterocycles. The summed E-state index contributed by atoms with van der Waals surface area (Å²) in [5.41, 5.74) is -1.37. The molecule has 2 rings (SSSR count). The van der Waals surface area contributed by atoms with Gasteiger partial charge < -0.3 is 4.74 Å². The zero-order valence-electron chi connectivity index (χ0n) is 11.2. The number of nitrogens with zero attached hydrogens (tertiary/aromatic N) is 2. The topological polar surface area (TPSA) is 107 Å². The zero-order chi connectivity index (χ0) is 15.4. The van der Waals surface area contributed by atoms with Gasteiger partial charge in [0.05, 0.1) is 18.2 Å². The normalized spacial score (nSPS) is 10.3. The van der Waals surface area contributed by atoms with Crippen molar-refractivity contribution in [3.8, 4) is 5.75 Å². The first-order valence-corrected chi connectivity index (χ1v) is 6.12. The Bertz CT molecular complexity index is 761. The smallest absolute Gasteiger partial charge is 0.350 e. The lowest BCUT2D eigenvalue weighted by Crippen LogP contribution is -2.31. The second-order valence-electron chi connectivity index (χ2n) is 4.32. The predicted molar refractivity (Wildman–Crippen MR) is 74.7 cm³/mol. The highest BCUT2D eigenvalue weighted by atomic mass is 16.6. The number of aryl methyl sites for hydroxylation is 2. The number of rotatable bonds is 5. The van der Waals surface area contributed by atoms with Gasteiger partial charge in [-0.15, -0.1) is 0 Å². The second kappa shape index (κ2) is 6.04. The van der Waals surface area contributed by atoms with Crippen LogP contribution in [-0.2, 0) is 13.0 Å². The number of benzene rings is 1. The molecule has 110 valence electrons. The number of nitro groups is 1. The molecule has 0 bridgehead atoms. The number of H-pyrrole nitrogens is 1. The molecule has 0 fully saturated rings. The molecular formula is C13H13N3O5. The molecule has 0 aliphatic carbocycles. The maximum absolute atomic E-state index is 11.6. The Hall–Kier alpha value is -2.90. The molecule has 1 N–H and O–H groups in total. The number of methoxy groups -OCH3 is 1. The van der Waals surface area contributed by atoms with Crippen molar-refractivity contribution in [3.63, 3.8) is 0 Å². The third-order valence-electron chi connectivity index (χ3n) is 2.99. The van der Waals surface area contributed by atoms with Gasteiger partial charge in [-0.1, -0.05) is 12.1 Å². The molecule has 2 aromatic rings. The van der Waals surface area contributed by atoms with Gasteiger partial charge in [0.1, 0.15) is 5.75 Å². The van der Waals surface area contributed by atoms with Crippen LogP contribution in [0.5, 0.6) is 5.75 Å². The van der Waals surface area contributed by atoms with Crippen LogP contribution in [0.25, 0.3) is 0 Å². The monoisotopic (exact) mass is 291 g/mol. The SMILES string of the molecule is COc1ccc(CCn2cc([N+](=O)[O-])c(=O)[nH]c2=O)cc1. The number of hydrogen-bond acceptors (Lipinski definition) is 5. The summed E-state index contributed by atoms with van der Waals surface area (Å²) < 4.78 is 6.15. The highest BCUT2D eigenvalue weighted by molar-refractivity contribution is 5.27. The van der Waals surface area contributed by atoms with Crippen LogP contribution < -0.4 is 16.0 Å². The van der Waals surface area contributed by atoms with E-state index in [1.165, 1.54) is 0 Å². The molecule has 8 nitrogen and oxygen atoms in total. The second-order valence-corrected chi connectivity index (χ2v) is 4.32. The van der Waals surface area contributed by atoms with E-state index in [0.29, 0.717) is 6.42 Å². The van der Waals surface area contributed by atoms with Crippen molar-refractivity contribution in [2.24, 2.45) is 0 Å². The molecule has 0 saturated heterocycles. The number of aromatic amines is 1. The van der Waals surface area contributed by atoms with Crippen molar-refractivity contribution in [1.29, 1.82) is 0 Å². The number of hydrogen-bond donors (Lipinski definition) is 1. The van der Waals surface area contributed by atoms with Gasteiger partial charge in [0, 0.05) is 6.54 Å². The molecule has 1 aromatic carbocycles. The van der Waals surface area contributed by atoms with Crippen LogP contribution in [0.3, 0.4) is 0 Å². The van der Waals surface area contributed by atoms with Crippen LogP contribution in [0.15, 0.2) is 40.1 Å². The van der Waals surface area contributed by atoms with Crippen molar-refractivity contribution in [2.45, 2.75) is 13.0 Å². The first-order valence-electron chi connectivity index (χ1n) is 6.12. The van der Waals surface area contributed by atoms with Gasteiger partial charge in [0.2, 0.25) is 0 Å². The van der Waals surface area contributed by atoms with E-state index in [4.69, 9.17) is 4.74 Å². The van der Waals surface area contributed by atoms with Crippen LogP contribution in [0.2, 0.25) is 0 Å². The summed E-state index contributed by atoms with van der Waals surface area (Å²) in [7, 11) is 1.56. The highest BCUT2D eigenvalue weighted by Gasteiger charge is 2.14. The fraction of sp³-hybridized carbons (Fsp3) is 0.231. The van der Waals surface area contributed by atoms with E-state index in [2.05, 4.69) is 0 Å². The average Bonchev–Trinajstić information content (AvgIpc) is 2.46. The van der Waals surface area contributed by atoms with Gasteiger partial charge in [0.25, 0.3) is 0 Å². The third kappa shape index (κ3) is 3.35. The Morgan fingerprint density at radius 2 is 1.95 bits per heavy atom. The number of aromatic nitrogens is 2. The van der Waals surface area contributed by atoms with E-state index in [-0.39, 0.29) is 6.54 Å². The van der Waals surface area contributed by atoms with E-state index in [1.54, 1.807) is 19.2 Å². The Morgan fingerprint density at radius 1 is 1.29 bits per heavy atom. The van der Waals surface area contributed by atoms with E-state index < -0.39 is 21.9 Å². The first kappa shape index (κ1) is 14.5. The summed E-state index contributed by atoms with van der Waals surface area (Å²) in [6, 6.07) is 7.24. The lowest BCUT2D eigenvalue weighted by atomic mass is 10.1. The van der Waals surface area contributed by atoms with E-state index in [9.17, 15) is 19.7 Å². The van der Waals surface area contributed by atoms with Gasteiger partial charge in [-0.05, 0) is 24.1 Å². The van der Waals surface area contributed by atoms with Gasteiger partial charge in [0.15, 0.2) is 0 Å². The van der Waals surface area contributed by atoms with Crippen LogP contribution in [-0.4, -0.2) is 21.6 Å². The molecule has 1 heterocycles. The maximum Gasteiger partial charge on any atom is 0.350 e. The molecule has 1 aromatic heterocycles. The fourth-order valence-corrected chi connectivity index (χ4v) is 1.84. The Balaban J connectivity index is 2.19. The minimum Gasteiger partial charge on any atom is -0.497 e. The average molecular weight is 291 g/mol. The van der Waals surface area contributed by atoms with E-state index in [0.717, 1.165) is 22.1 Å². The molecule has 0 aliphatic rings. The summed E-state index contributed by atoms with van der Waals surface area (Å²) >= 11 is 0. The minimum absolute atomic E-state index is 0.225. The molecule has 21 heavy (non-hydrogen) atoms.